The summed E-state index contributed by atoms with van der Waals surface area (Å²) in [6.07, 6.45) is 0.124. The molecule has 0 saturated carbocycles. The Balaban J connectivity index is 1.52. The Bertz CT molecular complexity index is 1020. The molecule has 1 aliphatic rings. The van der Waals surface area contributed by atoms with Crippen molar-refractivity contribution in [1.29, 1.82) is 0 Å². The molecular weight excluding hydrogens is 374 g/mol. The van der Waals surface area contributed by atoms with Crippen molar-refractivity contribution in [2.24, 2.45) is 5.92 Å². The summed E-state index contributed by atoms with van der Waals surface area (Å²) in [7, 11) is 0. The number of carbonyl (C=O) groups is 2. The smallest absolute Gasteiger partial charge is 0.316 e. The topological polar surface area (TPSA) is 46.6 Å². The molecule has 0 radical (unpaired) electrons. The molecule has 1 atom stereocenters. The molecule has 0 unspecified atom stereocenters. The van der Waals surface area contributed by atoms with Gasteiger partial charge in [0.25, 0.3) is 0 Å². The van der Waals surface area contributed by atoms with E-state index in [9.17, 15) is 9.59 Å². The van der Waals surface area contributed by atoms with Crippen LogP contribution in [-0.4, -0.2) is 18.4 Å². The van der Waals surface area contributed by atoms with Gasteiger partial charge in [0.2, 0.25) is 5.91 Å². The van der Waals surface area contributed by atoms with E-state index in [4.69, 9.17) is 16.3 Å². The minimum absolute atomic E-state index is 0.111. The SMILES string of the molecule is O=C(Oc1ccccc1-c1ccccc1)[C@H]1CC(=O)N(c2cccc(Cl)c2)C1. The maximum Gasteiger partial charge on any atom is 0.316 e. The van der Waals surface area contributed by atoms with Crippen molar-refractivity contribution in [2.75, 3.05) is 11.4 Å². The Labute approximate surface area is 168 Å². The molecule has 1 aliphatic heterocycles. The second-order valence-electron chi connectivity index (χ2n) is 6.67. The Morgan fingerprint density at radius 3 is 2.50 bits per heavy atom. The number of amides is 1. The first kappa shape index (κ1) is 18.3. The lowest BCUT2D eigenvalue weighted by Crippen LogP contribution is -2.27. The molecule has 5 heteroatoms. The van der Waals surface area contributed by atoms with Gasteiger partial charge in [0.05, 0.1) is 5.92 Å². The van der Waals surface area contributed by atoms with Crippen molar-refractivity contribution in [3.8, 4) is 16.9 Å². The Hall–Kier alpha value is -3.11. The summed E-state index contributed by atoms with van der Waals surface area (Å²) in [6, 6.07) is 24.2. The van der Waals surface area contributed by atoms with E-state index in [-0.39, 0.29) is 18.9 Å². The molecule has 1 saturated heterocycles. The van der Waals surface area contributed by atoms with Gasteiger partial charge in [-0.3, -0.25) is 9.59 Å². The van der Waals surface area contributed by atoms with Crippen LogP contribution in [0.25, 0.3) is 11.1 Å². The zero-order valence-electron chi connectivity index (χ0n) is 15.0. The average molecular weight is 392 g/mol. The quantitative estimate of drug-likeness (QED) is 0.466. The molecule has 0 aliphatic carbocycles. The number of ether oxygens (including phenoxy) is 1. The molecule has 4 nitrogen and oxygen atoms in total. The molecule has 1 amide bonds. The molecule has 0 aromatic heterocycles. The van der Waals surface area contributed by atoms with Crippen LogP contribution >= 0.6 is 11.6 Å². The van der Waals surface area contributed by atoms with E-state index in [0.717, 1.165) is 11.1 Å². The monoisotopic (exact) mass is 391 g/mol. The van der Waals surface area contributed by atoms with E-state index in [1.807, 2.05) is 54.6 Å². The number of hydrogen-bond donors (Lipinski definition) is 0. The van der Waals surface area contributed by atoms with Gasteiger partial charge in [0, 0.05) is 29.2 Å². The van der Waals surface area contributed by atoms with Crippen molar-refractivity contribution in [2.45, 2.75) is 6.42 Å². The van der Waals surface area contributed by atoms with E-state index >= 15 is 0 Å². The first-order valence-electron chi connectivity index (χ1n) is 9.04. The van der Waals surface area contributed by atoms with Gasteiger partial charge in [0.15, 0.2) is 0 Å². The lowest BCUT2D eigenvalue weighted by molar-refractivity contribution is -0.139. The number of halogens is 1. The third-order valence-corrected chi connectivity index (χ3v) is 5.00. The van der Waals surface area contributed by atoms with Crippen LogP contribution in [0.4, 0.5) is 5.69 Å². The van der Waals surface area contributed by atoms with Crippen LogP contribution in [0.2, 0.25) is 5.02 Å². The van der Waals surface area contributed by atoms with Crippen LogP contribution in [0.15, 0.2) is 78.9 Å². The minimum Gasteiger partial charge on any atom is -0.426 e. The molecule has 4 rings (SSSR count). The van der Waals surface area contributed by atoms with Gasteiger partial charge in [-0.25, -0.2) is 0 Å². The average Bonchev–Trinajstić information content (AvgIpc) is 3.11. The van der Waals surface area contributed by atoms with E-state index in [0.29, 0.717) is 16.5 Å². The maximum absolute atomic E-state index is 12.8. The number of nitrogens with zero attached hydrogens (tertiary/aromatic N) is 1. The second kappa shape index (κ2) is 7.87. The highest BCUT2D eigenvalue weighted by atomic mass is 35.5. The zero-order valence-corrected chi connectivity index (χ0v) is 15.8. The highest BCUT2D eigenvalue weighted by Crippen LogP contribution is 2.32. The normalized spacial score (nSPS) is 16.2. The number of carbonyl (C=O) groups excluding carboxylic acids is 2. The van der Waals surface area contributed by atoms with Crippen LogP contribution in [-0.2, 0) is 9.59 Å². The van der Waals surface area contributed by atoms with Crippen molar-refractivity contribution < 1.29 is 14.3 Å². The standard InChI is InChI=1S/C23H18ClNO3/c24-18-9-6-10-19(14-18)25-15-17(13-22(25)26)23(27)28-21-12-5-4-11-20(21)16-7-2-1-3-8-16/h1-12,14,17H,13,15H2/t17-/m0/s1. The predicted molar refractivity (Wildman–Crippen MR) is 109 cm³/mol. The van der Waals surface area contributed by atoms with Crippen molar-refractivity contribution in [3.63, 3.8) is 0 Å². The number of anilines is 1. The van der Waals surface area contributed by atoms with Crippen LogP contribution in [0, 0.1) is 5.92 Å². The van der Waals surface area contributed by atoms with E-state index < -0.39 is 11.9 Å². The molecule has 1 heterocycles. The number of para-hydroxylation sites is 1. The third kappa shape index (κ3) is 3.78. The summed E-state index contributed by atoms with van der Waals surface area (Å²) in [4.78, 5) is 26.8. The Kier molecular flexibility index (Phi) is 5.13. The van der Waals surface area contributed by atoms with Gasteiger partial charge in [-0.05, 0) is 29.8 Å². The first-order chi connectivity index (χ1) is 13.6. The van der Waals surface area contributed by atoms with Gasteiger partial charge in [0.1, 0.15) is 5.75 Å². The highest BCUT2D eigenvalue weighted by molar-refractivity contribution is 6.31. The van der Waals surface area contributed by atoms with Crippen LogP contribution in [0.5, 0.6) is 5.75 Å². The van der Waals surface area contributed by atoms with Crippen molar-refractivity contribution in [3.05, 3.63) is 83.9 Å². The molecule has 1 fully saturated rings. The molecule has 3 aromatic rings. The van der Waals surface area contributed by atoms with Gasteiger partial charge >= 0.3 is 5.97 Å². The largest absolute Gasteiger partial charge is 0.426 e. The van der Waals surface area contributed by atoms with E-state index in [1.54, 1.807) is 29.2 Å². The van der Waals surface area contributed by atoms with Gasteiger partial charge < -0.3 is 9.64 Å². The Morgan fingerprint density at radius 1 is 0.964 bits per heavy atom. The lowest BCUT2D eigenvalue weighted by Gasteiger charge is -2.17. The Morgan fingerprint density at radius 2 is 1.71 bits per heavy atom. The zero-order chi connectivity index (χ0) is 19.5. The van der Waals surface area contributed by atoms with Crippen LogP contribution in [0.3, 0.4) is 0 Å². The summed E-state index contributed by atoms with van der Waals surface area (Å²) < 4.78 is 5.70. The van der Waals surface area contributed by atoms with Gasteiger partial charge in [-0.2, -0.15) is 0 Å². The molecule has 0 spiro atoms. The van der Waals surface area contributed by atoms with E-state index in [2.05, 4.69) is 0 Å². The second-order valence-corrected chi connectivity index (χ2v) is 7.10. The number of hydrogen-bond acceptors (Lipinski definition) is 3. The fourth-order valence-electron chi connectivity index (χ4n) is 3.36. The predicted octanol–water partition coefficient (Wildman–Crippen LogP) is 4.97. The summed E-state index contributed by atoms with van der Waals surface area (Å²) in [5.74, 6) is -0.538. The highest BCUT2D eigenvalue weighted by Gasteiger charge is 2.36. The van der Waals surface area contributed by atoms with Crippen molar-refractivity contribution in [1.82, 2.24) is 0 Å². The summed E-state index contributed by atoms with van der Waals surface area (Å²) >= 11 is 6.02. The molecule has 0 N–H and O–H groups in total. The molecule has 0 bridgehead atoms. The molecular formula is C23H18ClNO3. The van der Waals surface area contributed by atoms with Crippen molar-refractivity contribution >= 4 is 29.2 Å². The number of rotatable bonds is 4. The number of benzene rings is 3. The fraction of sp³-hybridized carbons (Fsp3) is 0.130. The molecule has 140 valence electrons. The summed E-state index contributed by atoms with van der Waals surface area (Å²) in [6.45, 7) is 0.283. The van der Waals surface area contributed by atoms with Crippen LogP contribution < -0.4 is 9.64 Å². The van der Waals surface area contributed by atoms with Gasteiger partial charge in [-0.15, -0.1) is 0 Å². The summed E-state index contributed by atoms with van der Waals surface area (Å²) in [5.41, 5.74) is 2.50. The molecule has 28 heavy (non-hydrogen) atoms. The molecule has 3 aromatic carbocycles. The third-order valence-electron chi connectivity index (χ3n) is 4.76. The van der Waals surface area contributed by atoms with Crippen LogP contribution in [0.1, 0.15) is 6.42 Å². The fourth-order valence-corrected chi connectivity index (χ4v) is 3.55. The van der Waals surface area contributed by atoms with E-state index in [1.165, 1.54) is 0 Å². The summed E-state index contributed by atoms with van der Waals surface area (Å²) in [5, 5.41) is 0.549. The van der Waals surface area contributed by atoms with Gasteiger partial charge in [-0.1, -0.05) is 66.2 Å². The number of esters is 1. The lowest BCUT2D eigenvalue weighted by atomic mass is 10.0. The maximum atomic E-state index is 12.8. The first-order valence-corrected chi connectivity index (χ1v) is 9.42. The minimum atomic E-state index is -0.518.